The lowest BCUT2D eigenvalue weighted by molar-refractivity contribution is 0.0651. The molecular weight excluding hydrogens is 462 g/mol. The van der Waals surface area contributed by atoms with Crippen molar-refractivity contribution in [3.05, 3.63) is 66.0 Å². The van der Waals surface area contributed by atoms with Gasteiger partial charge in [-0.05, 0) is 56.2 Å². The molecule has 2 aliphatic heterocycles. The fourth-order valence-electron chi connectivity index (χ4n) is 4.57. The van der Waals surface area contributed by atoms with Gasteiger partial charge in [-0.2, -0.15) is 9.90 Å². The molecule has 1 atom stereocenters. The molecule has 1 unspecified atom stereocenters. The second kappa shape index (κ2) is 10.3. The van der Waals surface area contributed by atoms with E-state index in [1.165, 1.54) is 4.80 Å². The van der Waals surface area contributed by atoms with E-state index in [4.69, 9.17) is 14.2 Å². The average Bonchev–Trinajstić information content (AvgIpc) is 3.50. The van der Waals surface area contributed by atoms with Crippen molar-refractivity contribution in [1.29, 1.82) is 0 Å². The van der Waals surface area contributed by atoms with Crippen molar-refractivity contribution in [1.82, 2.24) is 24.8 Å². The standard InChI is InChI=1S/C26H29N5O5/c1-18-24(28-31(27-18)20-6-4-3-5-7-20)25(32)29-14-12-19(13-15-29)30-16-23(36-26(30)33)17-35-22-10-8-21(34-2)9-11-22/h3-11,19,23H,12-17H2,1-2H3. The number of benzene rings is 2. The van der Waals surface area contributed by atoms with Gasteiger partial charge >= 0.3 is 6.09 Å². The fraction of sp³-hybridized carbons (Fsp3) is 0.385. The first-order valence-electron chi connectivity index (χ1n) is 12.0. The molecule has 10 nitrogen and oxygen atoms in total. The minimum absolute atomic E-state index is 0.0219. The first-order chi connectivity index (χ1) is 17.5. The summed E-state index contributed by atoms with van der Waals surface area (Å²) in [6.45, 7) is 3.62. The molecule has 5 rings (SSSR count). The van der Waals surface area contributed by atoms with Gasteiger partial charge in [0.2, 0.25) is 0 Å². The number of aryl methyl sites for hydroxylation is 1. The SMILES string of the molecule is COc1ccc(OCC2CN(C3CCN(C(=O)c4nn(-c5ccccc5)nc4C)CC3)C(=O)O2)cc1. The van der Waals surface area contributed by atoms with E-state index in [0.29, 0.717) is 49.6 Å². The van der Waals surface area contributed by atoms with E-state index in [1.807, 2.05) is 54.6 Å². The van der Waals surface area contributed by atoms with Crippen molar-refractivity contribution < 1.29 is 23.8 Å². The largest absolute Gasteiger partial charge is 0.497 e. The molecule has 2 fully saturated rings. The summed E-state index contributed by atoms with van der Waals surface area (Å²) in [4.78, 5) is 30.7. The van der Waals surface area contributed by atoms with Gasteiger partial charge < -0.3 is 24.0 Å². The van der Waals surface area contributed by atoms with Crippen molar-refractivity contribution in [2.45, 2.75) is 31.9 Å². The van der Waals surface area contributed by atoms with Crippen LogP contribution >= 0.6 is 0 Å². The van der Waals surface area contributed by atoms with Crippen molar-refractivity contribution >= 4 is 12.0 Å². The highest BCUT2D eigenvalue weighted by Gasteiger charge is 2.38. The van der Waals surface area contributed by atoms with E-state index in [-0.39, 0.29) is 30.8 Å². The Morgan fingerprint density at radius 1 is 1.03 bits per heavy atom. The minimum Gasteiger partial charge on any atom is -0.497 e. The van der Waals surface area contributed by atoms with Crippen LogP contribution < -0.4 is 9.47 Å². The van der Waals surface area contributed by atoms with Crippen molar-refractivity contribution in [2.75, 3.05) is 33.4 Å². The van der Waals surface area contributed by atoms with Gasteiger partial charge in [-0.1, -0.05) is 18.2 Å². The summed E-state index contributed by atoms with van der Waals surface area (Å²) >= 11 is 0. The molecule has 3 aromatic rings. The molecule has 0 radical (unpaired) electrons. The Hall–Kier alpha value is -4.08. The average molecular weight is 492 g/mol. The molecule has 2 amide bonds. The zero-order chi connectivity index (χ0) is 25.1. The Balaban J connectivity index is 1.13. The number of hydrogen-bond donors (Lipinski definition) is 0. The number of piperidine rings is 1. The predicted molar refractivity (Wildman–Crippen MR) is 130 cm³/mol. The van der Waals surface area contributed by atoms with Crippen LogP contribution in [0.3, 0.4) is 0 Å². The molecule has 2 saturated heterocycles. The van der Waals surface area contributed by atoms with E-state index >= 15 is 0 Å². The third-order valence-electron chi connectivity index (χ3n) is 6.56. The summed E-state index contributed by atoms with van der Waals surface area (Å²) in [5, 5.41) is 8.85. The zero-order valence-electron chi connectivity index (χ0n) is 20.4. The van der Waals surface area contributed by atoms with Gasteiger partial charge in [0.05, 0.1) is 25.0 Å². The van der Waals surface area contributed by atoms with Crippen LogP contribution in [0.15, 0.2) is 54.6 Å². The van der Waals surface area contributed by atoms with Crippen LogP contribution in [0.25, 0.3) is 5.69 Å². The second-order valence-electron chi connectivity index (χ2n) is 8.93. The molecule has 36 heavy (non-hydrogen) atoms. The summed E-state index contributed by atoms with van der Waals surface area (Å²) < 4.78 is 16.5. The van der Waals surface area contributed by atoms with Gasteiger partial charge in [-0.3, -0.25) is 4.79 Å². The molecule has 3 heterocycles. The number of amides is 2. The maximum atomic E-state index is 13.2. The second-order valence-corrected chi connectivity index (χ2v) is 8.93. The van der Waals surface area contributed by atoms with Crippen molar-refractivity contribution in [3.63, 3.8) is 0 Å². The van der Waals surface area contributed by atoms with Crippen LogP contribution in [-0.2, 0) is 4.74 Å². The molecule has 2 aromatic carbocycles. The van der Waals surface area contributed by atoms with Crippen LogP contribution in [0.5, 0.6) is 11.5 Å². The van der Waals surface area contributed by atoms with Crippen LogP contribution in [0, 0.1) is 6.92 Å². The number of ether oxygens (including phenoxy) is 3. The Labute approximate surface area is 209 Å². The van der Waals surface area contributed by atoms with Gasteiger partial charge in [-0.15, -0.1) is 5.10 Å². The predicted octanol–water partition coefficient (Wildman–Crippen LogP) is 3.09. The lowest BCUT2D eigenvalue weighted by atomic mass is 10.0. The summed E-state index contributed by atoms with van der Waals surface area (Å²) in [7, 11) is 1.61. The number of cyclic esters (lactones) is 1. The van der Waals surface area contributed by atoms with Gasteiger partial charge in [-0.25, -0.2) is 4.79 Å². The van der Waals surface area contributed by atoms with E-state index in [2.05, 4.69) is 10.2 Å². The lowest BCUT2D eigenvalue weighted by Crippen LogP contribution is -2.47. The number of aromatic nitrogens is 3. The molecule has 0 saturated carbocycles. The summed E-state index contributed by atoms with van der Waals surface area (Å²) in [5.41, 5.74) is 1.75. The van der Waals surface area contributed by atoms with Crippen LogP contribution in [0.2, 0.25) is 0 Å². The highest BCUT2D eigenvalue weighted by molar-refractivity contribution is 5.93. The molecule has 0 N–H and O–H groups in total. The number of methoxy groups -OCH3 is 1. The number of carbonyl (C=O) groups is 2. The van der Waals surface area contributed by atoms with Crippen molar-refractivity contribution in [3.8, 4) is 17.2 Å². The van der Waals surface area contributed by atoms with Gasteiger partial charge in [0, 0.05) is 19.1 Å². The Morgan fingerprint density at radius 2 is 1.72 bits per heavy atom. The molecule has 10 heteroatoms. The first-order valence-corrected chi connectivity index (χ1v) is 12.0. The van der Waals surface area contributed by atoms with Crippen LogP contribution in [0.1, 0.15) is 29.0 Å². The molecule has 2 aliphatic rings. The number of likely N-dealkylation sites (tertiary alicyclic amines) is 1. The summed E-state index contributed by atoms with van der Waals surface area (Å²) in [6.07, 6.45) is 0.692. The summed E-state index contributed by atoms with van der Waals surface area (Å²) in [6, 6.07) is 16.8. The van der Waals surface area contributed by atoms with Gasteiger partial charge in [0.1, 0.15) is 18.1 Å². The fourth-order valence-corrected chi connectivity index (χ4v) is 4.57. The van der Waals surface area contributed by atoms with Gasteiger partial charge in [0.25, 0.3) is 5.91 Å². The maximum Gasteiger partial charge on any atom is 0.410 e. The quantitative estimate of drug-likeness (QED) is 0.501. The Bertz CT molecular complexity index is 1210. The third kappa shape index (κ3) is 4.98. The molecule has 1 aromatic heterocycles. The highest BCUT2D eigenvalue weighted by Crippen LogP contribution is 2.25. The molecular formula is C26H29N5O5. The molecule has 0 spiro atoms. The van der Waals surface area contributed by atoms with Crippen LogP contribution in [-0.4, -0.2) is 82.3 Å². The van der Waals surface area contributed by atoms with Crippen molar-refractivity contribution in [2.24, 2.45) is 0 Å². The number of nitrogens with zero attached hydrogens (tertiary/aromatic N) is 5. The molecule has 0 aliphatic carbocycles. The highest BCUT2D eigenvalue weighted by atomic mass is 16.6. The molecule has 188 valence electrons. The number of para-hydroxylation sites is 1. The zero-order valence-corrected chi connectivity index (χ0v) is 20.4. The number of hydrogen-bond acceptors (Lipinski definition) is 7. The topological polar surface area (TPSA) is 99.0 Å². The smallest absolute Gasteiger partial charge is 0.410 e. The lowest BCUT2D eigenvalue weighted by Gasteiger charge is -2.35. The Morgan fingerprint density at radius 3 is 2.42 bits per heavy atom. The number of rotatable bonds is 7. The van der Waals surface area contributed by atoms with E-state index in [0.717, 1.165) is 11.4 Å². The van der Waals surface area contributed by atoms with E-state index in [1.54, 1.807) is 23.8 Å². The number of carbonyl (C=O) groups excluding carboxylic acids is 2. The Kier molecular flexibility index (Phi) is 6.75. The van der Waals surface area contributed by atoms with E-state index < -0.39 is 0 Å². The third-order valence-corrected chi connectivity index (χ3v) is 6.56. The van der Waals surface area contributed by atoms with Crippen LogP contribution in [0.4, 0.5) is 4.79 Å². The monoisotopic (exact) mass is 491 g/mol. The normalized spacial score (nSPS) is 18.3. The maximum absolute atomic E-state index is 13.2. The van der Waals surface area contributed by atoms with E-state index in [9.17, 15) is 9.59 Å². The summed E-state index contributed by atoms with van der Waals surface area (Å²) in [5.74, 6) is 1.31. The minimum atomic E-state index is -0.338. The molecule has 0 bridgehead atoms. The van der Waals surface area contributed by atoms with Gasteiger partial charge in [0.15, 0.2) is 11.8 Å². The first kappa shape index (κ1) is 23.7.